The predicted octanol–water partition coefficient (Wildman–Crippen LogP) is 5.74. The average molecular weight is 452 g/mol. The Morgan fingerprint density at radius 1 is 1.00 bits per heavy atom. The van der Waals surface area contributed by atoms with Crippen LogP contribution < -0.4 is 0 Å². The summed E-state index contributed by atoms with van der Waals surface area (Å²) in [4.78, 5) is -0.0713. The molecule has 9 heteroatoms. The van der Waals surface area contributed by atoms with Crippen LogP contribution in [0.1, 0.15) is 18.9 Å². The molecule has 1 unspecified atom stereocenters. The second-order valence-corrected chi connectivity index (χ2v) is 9.54. The van der Waals surface area contributed by atoms with Crippen molar-refractivity contribution in [1.29, 1.82) is 0 Å². The number of nitrogens with zero attached hydrogens (tertiary/aromatic N) is 2. The van der Waals surface area contributed by atoms with Crippen LogP contribution in [0.3, 0.4) is 0 Å². The first-order valence-corrected chi connectivity index (χ1v) is 10.6. The highest BCUT2D eigenvalue weighted by molar-refractivity contribution is 7.89. The number of rotatable bonds is 3. The Morgan fingerprint density at radius 2 is 1.69 bits per heavy atom. The highest BCUT2D eigenvalue weighted by Crippen LogP contribution is 2.31. The maximum atomic E-state index is 13.0. The molecule has 0 spiro atoms. The number of hydrogen-bond donors (Lipinski definition) is 0. The summed E-state index contributed by atoms with van der Waals surface area (Å²) in [6, 6.07) is 9.42. The summed E-state index contributed by atoms with van der Waals surface area (Å²) >= 11 is 24.1. The molecule has 0 bridgehead atoms. The van der Waals surface area contributed by atoms with Crippen LogP contribution in [0.2, 0.25) is 20.1 Å². The first kappa shape index (κ1) is 19.8. The lowest BCUT2D eigenvalue weighted by Gasteiger charge is -2.29. The molecular formula is C17H14Cl4N2O2S. The fraction of sp³-hybridized carbons (Fsp3) is 0.235. The van der Waals surface area contributed by atoms with Gasteiger partial charge in [0.15, 0.2) is 0 Å². The molecule has 1 heterocycles. The lowest BCUT2D eigenvalue weighted by atomic mass is 9.98. The first-order chi connectivity index (χ1) is 12.2. The van der Waals surface area contributed by atoms with Crippen molar-refractivity contribution in [2.45, 2.75) is 18.2 Å². The Labute approximate surface area is 172 Å². The molecule has 0 saturated heterocycles. The molecule has 0 aromatic heterocycles. The third-order valence-corrected chi connectivity index (χ3v) is 7.04. The molecule has 0 fully saturated rings. The Balaban J connectivity index is 2.06. The monoisotopic (exact) mass is 450 g/mol. The van der Waals surface area contributed by atoms with E-state index in [4.69, 9.17) is 46.4 Å². The highest BCUT2D eigenvalue weighted by Gasteiger charge is 2.31. The van der Waals surface area contributed by atoms with E-state index in [0.717, 1.165) is 9.98 Å². The van der Waals surface area contributed by atoms with Gasteiger partial charge in [0.05, 0.1) is 27.3 Å². The van der Waals surface area contributed by atoms with Crippen molar-refractivity contribution in [2.75, 3.05) is 6.54 Å². The number of hydrogen-bond acceptors (Lipinski definition) is 3. The smallest absolute Gasteiger partial charge is 0.200 e. The quantitative estimate of drug-likeness (QED) is 0.597. The van der Waals surface area contributed by atoms with Crippen molar-refractivity contribution in [3.8, 4) is 0 Å². The van der Waals surface area contributed by atoms with E-state index < -0.39 is 10.0 Å². The molecular weight excluding hydrogens is 438 g/mol. The summed E-state index contributed by atoms with van der Waals surface area (Å²) in [6.45, 7) is 2.20. The Kier molecular flexibility index (Phi) is 5.75. The van der Waals surface area contributed by atoms with Crippen molar-refractivity contribution >= 4 is 62.1 Å². The van der Waals surface area contributed by atoms with Crippen LogP contribution in [0.4, 0.5) is 0 Å². The molecule has 2 aromatic carbocycles. The standard InChI is InChI=1S/C17H14Cl4N2O2S/c1-10-6-16(11-2-4-13(19)15(21)7-11)22-23(9-10)26(24,25)17-8-12(18)3-5-14(17)20/h2-5,7-8,10H,6,9H2,1H3. The van der Waals surface area contributed by atoms with E-state index >= 15 is 0 Å². The lowest BCUT2D eigenvalue weighted by molar-refractivity contribution is 0.353. The number of halogens is 4. The molecule has 1 aliphatic rings. The molecule has 0 amide bonds. The second kappa shape index (κ2) is 7.56. The molecule has 0 saturated carbocycles. The summed E-state index contributed by atoms with van der Waals surface area (Å²) < 4.78 is 27.1. The van der Waals surface area contributed by atoms with E-state index in [9.17, 15) is 8.42 Å². The molecule has 138 valence electrons. The minimum atomic E-state index is -3.94. The Bertz CT molecular complexity index is 992. The van der Waals surface area contributed by atoms with E-state index in [1.165, 1.54) is 18.2 Å². The summed E-state index contributed by atoms with van der Waals surface area (Å²) in [5.74, 6) is 0.0599. The van der Waals surface area contributed by atoms with Gasteiger partial charge in [-0.05, 0) is 48.2 Å². The topological polar surface area (TPSA) is 49.7 Å². The summed E-state index contributed by atoms with van der Waals surface area (Å²) in [5, 5.41) is 5.54. The van der Waals surface area contributed by atoms with E-state index in [2.05, 4.69) is 5.10 Å². The fourth-order valence-corrected chi connectivity index (χ4v) is 5.09. The van der Waals surface area contributed by atoms with Crippen molar-refractivity contribution < 1.29 is 8.42 Å². The van der Waals surface area contributed by atoms with Crippen molar-refractivity contribution in [2.24, 2.45) is 11.0 Å². The van der Waals surface area contributed by atoms with Gasteiger partial charge in [0.2, 0.25) is 0 Å². The van der Waals surface area contributed by atoms with E-state index in [0.29, 0.717) is 22.2 Å². The second-order valence-electron chi connectivity index (χ2n) is 6.07. The van der Waals surface area contributed by atoms with Crippen LogP contribution >= 0.6 is 46.4 Å². The largest absolute Gasteiger partial charge is 0.280 e. The molecule has 0 aliphatic carbocycles. The van der Waals surface area contributed by atoms with Gasteiger partial charge >= 0.3 is 0 Å². The molecule has 26 heavy (non-hydrogen) atoms. The molecule has 4 nitrogen and oxygen atoms in total. The Hall–Kier alpha value is -0.980. The van der Waals surface area contributed by atoms with E-state index in [-0.39, 0.29) is 27.4 Å². The third-order valence-electron chi connectivity index (χ3n) is 3.94. The normalized spacial score (nSPS) is 18.0. The SMILES string of the molecule is CC1CC(c2ccc(Cl)c(Cl)c2)=NN(S(=O)(=O)c2cc(Cl)ccc2Cl)C1. The minimum absolute atomic E-state index is 0.0599. The van der Waals surface area contributed by atoms with Gasteiger partial charge in [-0.25, -0.2) is 0 Å². The average Bonchev–Trinajstić information content (AvgIpc) is 2.58. The van der Waals surface area contributed by atoms with Crippen LogP contribution in [0.5, 0.6) is 0 Å². The van der Waals surface area contributed by atoms with Crippen LogP contribution in [0.25, 0.3) is 0 Å². The fourth-order valence-electron chi connectivity index (χ4n) is 2.67. The van der Waals surface area contributed by atoms with Crippen LogP contribution in [0, 0.1) is 5.92 Å². The molecule has 1 aliphatic heterocycles. The zero-order valence-corrected chi connectivity index (χ0v) is 17.4. The molecule has 0 radical (unpaired) electrons. The molecule has 2 aromatic rings. The zero-order valence-electron chi connectivity index (χ0n) is 13.6. The summed E-state index contributed by atoms with van der Waals surface area (Å²) in [7, 11) is -3.94. The van der Waals surface area contributed by atoms with Crippen LogP contribution in [0.15, 0.2) is 46.4 Å². The third kappa shape index (κ3) is 3.97. The van der Waals surface area contributed by atoms with E-state index in [1.807, 2.05) is 6.92 Å². The zero-order chi connectivity index (χ0) is 19.1. The van der Waals surface area contributed by atoms with Crippen molar-refractivity contribution in [3.63, 3.8) is 0 Å². The lowest BCUT2D eigenvalue weighted by Crippen LogP contribution is -2.36. The van der Waals surface area contributed by atoms with Gasteiger partial charge in [0, 0.05) is 5.02 Å². The maximum Gasteiger partial charge on any atom is 0.280 e. The van der Waals surface area contributed by atoms with Crippen molar-refractivity contribution in [1.82, 2.24) is 4.41 Å². The first-order valence-electron chi connectivity index (χ1n) is 7.69. The van der Waals surface area contributed by atoms with Gasteiger partial charge in [-0.2, -0.15) is 17.9 Å². The molecule has 3 rings (SSSR count). The Morgan fingerprint density at radius 3 is 2.38 bits per heavy atom. The van der Waals surface area contributed by atoms with Crippen LogP contribution in [-0.4, -0.2) is 25.1 Å². The van der Waals surface area contributed by atoms with E-state index in [1.54, 1.807) is 18.2 Å². The minimum Gasteiger partial charge on any atom is -0.200 e. The summed E-state index contributed by atoms with van der Waals surface area (Å²) in [6.07, 6.45) is 0.618. The van der Waals surface area contributed by atoms with Crippen molar-refractivity contribution in [3.05, 3.63) is 62.1 Å². The predicted molar refractivity (Wildman–Crippen MR) is 107 cm³/mol. The summed E-state index contributed by atoms with van der Waals surface area (Å²) in [5.41, 5.74) is 1.34. The van der Waals surface area contributed by atoms with Crippen LogP contribution in [-0.2, 0) is 10.0 Å². The number of sulfonamides is 1. The van der Waals surface area contributed by atoms with Gasteiger partial charge in [-0.3, -0.25) is 0 Å². The van der Waals surface area contributed by atoms with Gasteiger partial charge in [0.1, 0.15) is 4.90 Å². The molecule has 1 atom stereocenters. The van der Waals surface area contributed by atoms with Gasteiger partial charge in [-0.15, -0.1) is 0 Å². The number of benzene rings is 2. The maximum absolute atomic E-state index is 13.0. The van der Waals surface area contributed by atoms with Gasteiger partial charge < -0.3 is 0 Å². The van der Waals surface area contributed by atoms with Gasteiger partial charge in [0.25, 0.3) is 10.0 Å². The number of hydrazone groups is 1. The molecule has 0 N–H and O–H groups in total. The highest BCUT2D eigenvalue weighted by atomic mass is 35.5. The van der Waals surface area contributed by atoms with Gasteiger partial charge in [-0.1, -0.05) is 59.4 Å².